The van der Waals surface area contributed by atoms with Crippen LogP contribution in [0.3, 0.4) is 0 Å². The Morgan fingerprint density at radius 2 is 2.09 bits per heavy atom. The number of thioether (sulfide) groups is 1. The lowest BCUT2D eigenvalue weighted by molar-refractivity contribution is -0.113. The van der Waals surface area contributed by atoms with E-state index in [1.165, 1.54) is 21.7 Å². The number of rotatable bonds is 5. The van der Waals surface area contributed by atoms with E-state index < -0.39 is 0 Å². The minimum Gasteiger partial charge on any atom is -0.325 e. The van der Waals surface area contributed by atoms with Crippen molar-refractivity contribution in [1.29, 1.82) is 0 Å². The molecule has 0 fully saturated rings. The van der Waals surface area contributed by atoms with Crippen LogP contribution in [0.15, 0.2) is 52.4 Å². The van der Waals surface area contributed by atoms with Gasteiger partial charge in [-0.15, -0.1) is 5.10 Å². The normalized spacial score (nSPS) is 16.8. The number of H-pyrrole nitrogens is 1. The summed E-state index contributed by atoms with van der Waals surface area (Å²) in [6, 6.07) is 13.4. The summed E-state index contributed by atoms with van der Waals surface area (Å²) in [7, 11) is 0. The molecule has 2 heterocycles. The number of aryl methyl sites for hydroxylation is 1. The first kappa shape index (κ1) is 22.7. The first-order valence-corrected chi connectivity index (χ1v) is 12.5. The maximum Gasteiger partial charge on any atom is 0.265 e. The number of hydrogen-bond acceptors (Lipinski definition) is 5. The molecule has 7 nitrogen and oxygen atoms in total. The van der Waals surface area contributed by atoms with E-state index >= 15 is 0 Å². The van der Waals surface area contributed by atoms with Gasteiger partial charge in [0, 0.05) is 21.7 Å². The van der Waals surface area contributed by atoms with Crippen molar-refractivity contribution in [2.75, 3.05) is 11.1 Å². The molecule has 5 rings (SSSR count). The fourth-order valence-electron chi connectivity index (χ4n) is 4.52. The van der Waals surface area contributed by atoms with Gasteiger partial charge in [0.1, 0.15) is 0 Å². The number of nitrogens with zero attached hydrogens (tertiary/aromatic N) is 3. The highest BCUT2D eigenvalue weighted by molar-refractivity contribution is 7.99. The second-order valence-electron chi connectivity index (χ2n) is 8.85. The van der Waals surface area contributed by atoms with Gasteiger partial charge in [0.15, 0.2) is 5.16 Å². The van der Waals surface area contributed by atoms with Crippen LogP contribution in [-0.4, -0.2) is 31.2 Å². The Bertz CT molecular complexity index is 1490. The van der Waals surface area contributed by atoms with E-state index in [4.69, 9.17) is 16.6 Å². The number of carbonyl (C=O) groups is 1. The number of benzene rings is 2. The second kappa shape index (κ2) is 8.60. The molecule has 0 saturated carbocycles. The van der Waals surface area contributed by atoms with E-state index in [1.807, 2.05) is 31.2 Å². The van der Waals surface area contributed by atoms with Gasteiger partial charge in [-0.05, 0) is 43.0 Å². The summed E-state index contributed by atoms with van der Waals surface area (Å²) in [4.78, 5) is 31.2. The van der Waals surface area contributed by atoms with Gasteiger partial charge in [0.05, 0.1) is 17.0 Å². The topological polar surface area (TPSA) is 92.2 Å². The molecule has 0 radical (unpaired) electrons. The van der Waals surface area contributed by atoms with E-state index in [0.717, 1.165) is 24.0 Å². The van der Waals surface area contributed by atoms with Crippen molar-refractivity contribution in [1.82, 2.24) is 19.6 Å². The summed E-state index contributed by atoms with van der Waals surface area (Å²) in [5.41, 5.74) is 4.70. The summed E-state index contributed by atoms with van der Waals surface area (Å²) in [5.74, 6) is 0.244. The molecule has 2 N–H and O–H groups in total. The van der Waals surface area contributed by atoms with Crippen LogP contribution in [0.25, 0.3) is 17.0 Å². The van der Waals surface area contributed by atoms with Gasteiger partial charge in [-0.25, -0.2) is 14.5 Å². The lowest BCUT2D eigenvalue weighted by Crippen LogP contribution is -2.37. The summed E-state index contributed by atoms with van der Waals surface area (Å²) in [6.45, 7) is 6.11. The van der Waals surface area contributed by atoms with Gasteiger partial charge in [-0.3, -0.25) is 9.59 Å². The molecule has 1 aliphatic rings. The zero-order valence-electron chi connectivity index (χ0n) is 19.1. The predicted octanol–water partition coefficient (Wildman–Crippen LogP) is 5.00. The highest BCUT2D eigenvalue weighted by atomic mass is 35.5. The number of aromatic amines is 1. The Balaban J connectivity index is 1.49. The molecular weight excluding hydrogens is 470 g/mol. The molecule has 34 heavy (non-hydrogen) atoms. The van der Waals surface area contributed by atoms with Crippen LogP contribution in [0.2, 0.25) is 5.02 Å². The van der Waals surface area contributed by atoms with E-state index in [9.17, 15) is 9.59 Å². The maximum absolute atomic E-state index is 13.8. The van der Waals surface area contributed by atoms with Gasteiger partial charge in [0.25, 0.3) is 5.56 Å². The van der Waals surface area contributed by atoms with Gasteiger partial charge in [-0.1, -0.05) is 67.5 Å². The fraction of sp³-hybridized carbons (Fsp3) is 0.280. The predicted molar refractivity (Wildman–Crippen MR) is 136 cm³/mol. The highest BCUT2D eigenvalue weighted by Gasteiger charge is 2.38. The average Bonchev–Trinajstić information content (AvgIpc) is 3.23. The Morgan fingerprint density at radius 3 is 2.88 bits per heavy atom. The van der Waals surface area contributed by atoms with Crippen LogP contribution in [-0.2, 0) is 16.6 Å². The molecule has 1 amide bonds. The molecule has 9 heteroatoms. The van der Waals surface area contributed by atoms with Crippen molar-refractivity contribution in [3.8, 4) is 11.3 Å². The second-order valence-corrected chi connectivity index (χ2v) is 10.2. The summed E-state index contributed by atoms with van der Waals surface area (Å²) >= 11 is 7.24. The number of carbonyl (C=O) groups excluding carboxylic acids is 1. The van der Waals surface area contributed by atoms with E-state index in [1.54, 1.807) is 12.1 Å². The molecule has 2 aromatic carbocycles. The third kappa shape index (κ3) is 3.80. The molecule has 2 aromatic heterocycles. The number of halogens is 1. The Hall–Kier alpha value is -3.10. The van der Waals surface area contributed by atoms with E-state index in [0.29, 0.717) is 32.9 Å². The van der Waals surface area contributed by atoms with Crippen molar-refractivity contribution in [2.45, 2.75) is 44.2 Å². The lowest BCUT2D eigenvalue weighted by atomic mass is 9.69. The number of hydrogen-bond donors (Lipinski definition) is 2. The van der Waals surface area contributed by atoms with Crippen molar-refractivity contribution in [3.63, 3.8) is 0 Å². The molecule has 1 atom stereocenters. The number of nitrogens with one attached hydrogen (secondary N) is 2. The zero-order valence-corrected chi connectivity index (χ0v) is 20.7. The van der Waals surface area contributed by atoms with Gasteiger partial charge in [0.2, 0.25) is 11.7 Å². The Morgan fingerprint density at radius 1 is 1.29 bits per heavy atom. The average molecular weight is 494 g/mol. The Labute approximate surface area is 206 Å². The quantitative estimate of drug-likeness (QED) is 0.382. The first-order valence-electron chi connectivity index (χ1n) is 11.1. The minimum absolute atomic E-state index is 0.0866. The minimum atomic E-state index is -0.338. The SMILES string of the molecule is CCC1(C)Cc2ccccc2-c2nc3[nH]nc(SCC(=O)Nc4cc(Cl)ccc4C)n3c(=O)c21. The van der Waals surface area contributed by atoms with Gasteiger partial charge < -0.3 is 5.32 Å². The van der Waals surface area contributed by atoms with Gasteiger partial charge in [-0.2, -0.15) is 0 Å². The molecule has 4 aromatic rings. The molecule has 0 saturated heterocycles. The molecular formula is C25H24ClN5O2S. The van der Waals surface area contributed by atoms with Crippen LogP contribution in [0.4, 0.5) is 5.69 Å². The van der Waals surface area contributed by atoms with Crippen LogP contribution in [0.5, 0.6) is 0 Å². The van der Waals surface area contributed by atoms with Crippen LogP contribution in [0.1, 0.15) is 37.0 Å². The zero-order chi connectivity index (χ0) is 24.0. The van der Waals surface area contributed by atoms with Crippen LogP contribution in [0, 0.1) is 6.92 Å². The number of anilines is 1. The summed E-state index contributed by atoms with van der Waals surface area (Å²) in [5, 5.41) is 11.0. The highest BCUT2D eigenvalue weighted by Crippen LogP contribution is 2.42. The van der Waals surface area contributed by atoms with E-state index in [2.05, 4.69) is 35.4 Å². The largest absolute Gasteiger partial charge is 0.325 e. The number of fused-ring (bicyclic) bond motifs is 4. The molecule has 1 unspecified atom stereocenters. The van der Waals surface area contributed by atoms with Crippen molar-refractivity contribution < 1.29 is 4.79 Å². The molecule has 0 spiro atoms. The van der Waals surface area contributed by atoms with Gasteiger partial charge >= 0.3 is 0 Å². The molecule has 174 valence electrons. The summed E-state index contributed by atoms with van der Waals surface area (Å²) in [6.07, 6.45) is 1.58. The van der Waals surface area contributed by atoms with Crippen molar-refractivity contribution >= 4 is 40.7 Å². The molecule has 0 aliphatic heterocycles. The van der Waals surface area contributed by atoms with Crippen LogP contribution >= 0.6 is 23.4 Å². The van der Waals surface area contributed by atoms with Crippen LogP contribution < -0.4 is 10.9 Å². The molecule has 1 aliphatic carbocycles. The Kier molecular flexibility index (Phi) is 5.73. The smallest absolute Gasteiger partial charge is 0.265 e. The first-order chi connectivity index (χ1) is 16.3. The monoisotopic (exact) mass is 493 g/mol. The molecule has 0 bridgehead atoms. The summed E-state index contributed by atoms with van der Waals surface area (Å²) < 4.78 is 1.49. The van der Waals surface area contributed by atoms with Crippen molar-refractivity contribution in [3.05, 3.63) is 74.5 Å². The van der Waals surface area contributed by atoms with Crippen molar-refractivity contribution in [2.24, 2.45) is 0 Å². The maximum atomic E-state index is 13.8. The van der Waals surface area contributed by atoms with E-state index in [-0.39, 0.29) is 22.6 Å². The third-order valence-electron chi connectivity index (χ3n) is 6.57. The number of amides is 1. The number of aromatic nitrogens is 4. The fourth-order valence-corrected chi connectivity index (χ4v) is 5.43. The standard InChI is InChI=1S/C25H24ClN5O2S/c1-4-25(3)12-15-7-5-6-8-17(15)21-20(25)22(33)31-23(28-21)29-30-24(31)34-13-19(32)27-18-11-16(26)10-9-14(18)2/h5-11H,4,12-13H2,1-3H3,(H,27,32)(H,28,29). The lowest BCUT2D eigenvalue weighted by Gasteiger charge is -2.34. The third-order valence-corrected chi connectivity index (χ3v) is 7.74.